The van der Waals surface area contributed by atoms with E-state index in [4.69, 9.17) is 38.7 Å². The molecule has 1 atom stereocenters. The number of fused-ring (bicyclic) bond motifs is 5. The van der Waals surface area contributed by atoms with Crippen molar-refractivity contribution in [1.82, 2.24) is 4.98 Å². The van der Waals surface area contributed by atoms with Crippen LogP contribution in [0.5, 0.6) is 11.6 Å². The number of nitrogens with zero attached hydrogens (tertiary/aromatic N) is 1. The summed E-state index contributed by atoms with van der Waals surface area (Å²) in [7, 11) is 0. The summed E-state index contributed by atoms with van der Waals surface area (Å²) in [5, 5.41) is 3.37. The van der Waals surface area contributed by atoms with Gasteiger partial charge >= 0.3 is 0 Å². The van der Waals surface area contributed by atoms with Gasteiger partial charge in [0.05, 0.1) is 5.56 Å². The van der Waals surface area contributed by atoms with E-state index in [0.717, 1.165) is 75.8 Å². The molecule has 2 N–H and O–H groups in total. The van der Waals surface area contributed by atoms with E-state index in [0.29, 0.717) is 15.9 Å². The molecule has 3 nitrogen and oxygen atoms in total. The zero-order chi connectivity index (χ0) is 21.1. The molecule has 32 heavy (non-hydrogen) atoms. The first-order valence-electron chi connectivity index (χ1n) is 10.6. The quantitative estimate of drug-likeness (QED) is 0.265. The molecule has 0 saturated heterocycles. The molecule has 6 heteroatoms. The van der Waals surface area contributed by atoms with Gasteiger partial charge in [-0.2, -0.15) is 0 Å². The van der Waals surface area contributed by atoms with Crippen molar-refractivity contribution in [3.05, 3.63) is 92.6 Å². The van der Waals surface area contributed by atoms with Gasteiger partial charge in [0, 0.05) is 43.9 Å². The molecule has 1 aliphatic carbocycles. The van der Waals surface area contributed by atoms with Gasteiger partial charge in [0.25, 0.3) is 0 Å². The van der Waals surface area contributed by atoms with Crippen LogP contribution in [0.4, 0.5) is 5.69 Å². The summed E-state index contributed by atoms with van der Waals surface area (Å²) in [6, 6.07) is 18.0. The van der Waals surface area contributed by atoms with E-state index < -0.39 is 0 Å². The van der Waals surface area contributed by atoms with Crippen molar-refractivity contribution in [3.8, 4) is 11.6 Å². The summed E-state index contributed by atoms with van der Waals surface area (Å²) in [4.78, 5) is 4.97. The van der Waals surface area contributed by atoms with E-state index in [2.05, 4.69) is 24.3 Å². The largest absolute Gasteiger partial charge is 0.438 e. The SMILES string of the molecule is Cl.Nc1c2c(nc3c1C(c1c(Cl)cccc1Cl)c1ccc4ccccc4c1O3)CCCC2. The maximum Gasteiger partial charge on any atom is 0.225 e. The number of benzene rings is 3. The highest BCUT2D eigenvalue weighted by molar-refractivity contribution is 6.36. The second-order valence-electron chi connectivity index (χ2n) is 8.25. The number of aryl methyl sites for hydroxylation is 1. The van der Waals surface area contributed by atoms with Crippen LogP contribution in [0.2, 0.25) is 10.0 Å². The van der Waals surface area contributed by atoms with Crippen molar-refractivity contribution in [2.45, 2.75) is 31.6 Å². The molecule has 2 aliphatic rings. The zero-order valence-corrected chi connectivity index (χ0v) is 19.5. The number of nitrogens with two attached hydrogens (primary N) is 1. The predicted molar refractivity (Wildman–Crippen MR) is 134 cm³/mol. The topological polar surface area (TPSA) is 48.1 Å². The van der Waals surface area contributed by atoms with E-state index in [1.54, 1.807) is 0 Å². The van der Waals surface area contributed by atoms with Gasteiger partial charge in [-0.3, -0.25) is 0 Å². The lowest BCUT2D eigenvalue weighted by molar-refractivity contribution is 0.435. The number of ether oxygens (including phenoxy) is 1. The zero-order valence-electron chi connectivity index (χ0n) is 17.2. The smallest absolute Gasteiger partial charge is 0.225 e. The van der Waals surface area contributed by atoms with Crippen molar-refractivity contribution in [2.24, 2.45) is 0 Å². The summed E-state index contributed by atoms with van der Waals surface area (Å²) in [6.07, 6.45) is 4.11. The third-order valence-corrected chi connectivity index (χ3v) is 7.18. The van der Waals surface area contributed by atoms with Gasteiger partial charge in [0.2, 0.25) is 5.88 Å². The number of rotatable bonds is 1. The minimum absolute atomic E-state index is 0. The number of hydrogen-bond acceptors (Lipinski definition) is 3. The first-order chi connectivity index (χ1) is 15.1. The third kappa shape index (κ3) is 3.14. The van der Waals surface area contributed by atoms with Gasteiger partial charge in [-0.1, -0.05) is 65.7 Å². The van der Waals surface area contributed by atoms with Crippen LogP contribution >= 0.6 is 35.6 Å². The molecule has 0 saturated carbocycles. The molecule has 162 valence electrons. The normalized spacial score (nSPS) is 16.4. The summed E-state index contributed by atoms with van der Waals surface area (Å²) in [5.74, 6) is 1.13. The van der Waals surface area contributed by atoms with Gasteiger partial charge in [0.15, 0.2) is 0 Å². The monoisotopic (exact) mass is 482 g/mol. The first kappa shape index (κ1) is 21.4. The summed E-state index contributed by atoms with van der Waals surface area (Å²) in [5.41, 5.74) is 12.5. The Morgan fingerprint density at radius 2 is 1.62 bits per heavy atom. The average Bonchev–Trinajstić information content (AvgIpc) is 2.78. The molecule has 0 spiro atoms. The molecule has 0 radical (unpaired) electrons. The minimum Gasteiger partial charge on any atom is -0.438 e. The highest BCUT2D eigenvalue weighted by atomic mass is 35.5. The van der Waals surface area contributed by atoms with Crippen LogP contribution in [0.15, 0.2) is 54.6 Å². The molecular formula is C26H21Cl3N2O. The maximum atomic E-state index is 6.82. The lowest BCUT2D eigenvalue weighted by atomic mass is 9.80. The van der Waals surface area contributed by atoms with Crippen molar-refractivity contribution in [2.75, 3.05) is 5.73 Å². The average molecular weight is 484 g/mol. The second-order valence-corrected chi connectivity index (χ2v) is 9.07. The number of nitrogen functional groups attached to an aromatic ring is 1. The molecule has 6 rings (SSSR count). The van der Waals surface area contributed by atoms with E-state index in [1.165, 1.54) is 0 Å². The number of hydrogen-bond donors (Lipinski definition) is 1. The highest BCUT2D eigenvalue weighted by Crippen LogP contribution is 2.54. The Labute approximate surface area is 202 Å². The molecule has 0 amide bonds. The highest BCUT2D eigenvalue weighted by Gasteiger charge is 2.37. The molecule has 1 aromatic heterocycles. The van der Waals surface area contributed by atoms with E-state index in [9.17, 15) is 0 Å². The Morgan fingerprint density at radius 1 is 0.875 bits per heavy atom. The fourth-order valence-electron chi connectivity index (χ4n) is 5.06. The van der Waals surface area contributed by atoms with Gasteiger partial charge in [0.1, 0.15) is 5.75 Å². The van der Waals surface area contributed by atoms with Crippen molar-refractivity contribution in [1.29, 1.82) is 0 Å². The van der Waals surface area contributed by atoms with Crippen LogP contribution in [-0.4, -0.2) is 4.98 Å². The fourth-order valence-corrected chi connectivity index (χ4v) is 5.68. The Morgan fingerprint density at radius 3 is 2.44 bits per heavy atom. The van der Waals surface area contributed by atoms with E-state index in [-0.39, 0.29) is 18.3 Å². The van der Waals surface area contributed by atoms with Gasteiger partial charge < -0.3 is 10.5 Å². The Kier molecular flexibility index (Phi) is 5.45. The summed E-state index contributed by atoms with van der Waals surface area (Å²) >= 11 is 13.4. The van der Waals surface area contributed by atoms with Crippen LogP contribution in [-0.2, 0) is 12.8 Å². The van der Waals surface area contributed by atoms with Gasteiger partial charge in [-0.05, 0) is 48.8 Å². The number of aromatic nitrogens is 1. The van der Waals surface area contributed by atoms with Crippen molar-refractivity contribution < 1.29 is 4.74 Å². The summed E-state index contributed by atoms with van der Waals surface area (Å²) in [6.45, 7) is 0. The second kappa shape index (κ2) is 8.15. The molecule has 0 fully saturated rings. The number of pyridine rings is 1. The van der Waals surface area contributed by atoms with E-state index >= 15 is 0 Å². The van der Waals surface area contributed by atoms with Crippen LogP contribution in [0.1, 0.15) is 46.7 Å². The lowest BCUT2D eigenvalue weighted by Gasteiger charge is -2.33. The predicted octanol–water partition coefficient (Wildman–Crippen LogP) is 7.71. The summed E-state index contributed by atoms with van der Waals surface area (Å²) < 4.78 is 6.49. The third-order valence-electron chi connectivity index (χ3n) is 6.52. The maximum absolute atomic E-state index is 6.82. The number of anilines is 1. The Bertz CT molecular complexity index is 1350. The Balaban J connectivity index is 0.00000216. The van der Waals surface area contributed by atoms with E-state index in [1.807, 2.05) is 30.3 Å². The first-order valence-corrected chi connectivity index (χ1v) is 11.3. The van der Waals surface area contributed by atoms with Crippen molar-refractivity contribution >= 4 is 52.1 Å². The molecule has 4 aromatic rings. The van der Waals surface area contributed by atoms with Crippen LogP contribution in [0.25, 0.3) is 10.8 Å². The molecule has 3 aromatic carbocycles. The standard InChI is InChI=1S/C26H20Cl2N2O.ClH/c27-18-9-5-10-19(28)22(18)21-17-13-12-14-6-1-2-7-15(14)25(17)31-26-23(21)24(29)16-8-3-4-11-20(16)30-26;/h1-2,5-7,9-10,12-13,21H,3-4,8,11H2,(H2,29,30);1H. The molecule has 0 bridgehead atoms. The Hall–Kier alpha value is -2.46. The molecule has 2 heterocycles. The van der Waals surface area contributed by atoms with Gasteiger partial charge in [-0.15, -0.1) is 12.4 Å². The number of halogens is 3. The van der Waals surface area contributed by atoms with Gasteiger partial charge in [-0.25, -0.2) is 4.98 Å². The fraction of sp³-hybridized carbons (Fsp3) is 0.192. The van der Waals surface area contributed by atoms with Crippen molar-refractivity contribution in [3.63, 3.8) is 0 Å². The molecule has 1 unspecified atom stereocenters. The lowest BCUT2D eigenvalue weighted by Crippen LogP contribution is -2.20. The van der Waals surface area contributed by atoms with Crippen LogP contribution < -0.4 is 10.5 Å². The molecular weight excluding hydrogens is 463 g/mol. The van der Waals surface area contributed by atoms with Crippen LogP contribution in [0.3, 0.4) is 0 Å². The van der Waals surface area contributed by atoms with Crippen LogP contribution in [0, 0.1) is 0 Å². The molecule has 1 aliphatic heterocycles. The minimum atomic E-state index is -0.246.